The molecule has 0 bridgehead atoms. The van der Waals surface area contributed by atoms with Gasteiger partial charge in [0.05, 0.1) is 0 Å². The standard InChI is InChI=1S/C36H28N4O/c41-35(30-24-14-5-15-25-30)34(29-22-12-4-13-23-29)38-40-36-32(27-18-8-2-9-19-27)31(26-16-6-1-7-17-26)33(37-39-36)28-20-10-3-11-21-28/h1-25,35,41H,(H,39,40)/b38-34+. The highest BCUT2D eigenvalue weighted by Crippen LogP contribution is 2.42. The van der Waals surface area contributed by atoms with E-state index in [4.69, 9.17) is 10.2 Å². The summed E-state index contributed by atoms with van der Waals surface area (Å²) < 4.78 is 0. The number of aliphatic hydroxyl groups is 1. The first kappa shape index (κ1) is 25.9. The highest BCUT2D eigenvalue weighted by molar-refractivity contribution is 6.05. The van der Waals surface area contributed by atoms with Crippen molar-refractivity contribution in [3.8, 4) is 33.5 Å². The van der Waals surface area contributed by atoms with Crippen molar-refractivity contribution < 1.29 is 5.11 Å². The first-order valence-corrected chi connectivity index (χ1v) is 13.5. The zero-order chi connectivity index (χ0) is 27.9. The number of nitrogens with one attached hydrogen (secondary N) is 1. The fraction of sp³-hybridized carbons (Fsp3) is 0.0278. The van der Waals surface area contributed by atoms with E-state index in [2.05, 4.69) is 34.8 Å². The third-order valence-corrected chi connectivity index (χ3v) is 6.87. The van der Waals surface area contributed by atoms with Gasteiger partial charge in [0.25, 0.3) is 0 Å². The van der Waals surface area contributed by atoms with E-state index in [1.54, 1.807) is 0 Å². The molecule has 1 aromatic heterocycles. The molecule has 0 saturated heterocycles. The maximum Gasteiger partial charge on any atom is 0.177 e. The summed E-state index contributed by atoms with van der Waals surface area (Å²) in [5.41, 5.74) is 10.8. The van der Waals surface area contributed by atoms with Crippen LogP contribution in [0.15, 0.2) is 157 Å². The summed E-state index contributed by atoms with van der Waals surface area (Å²) in [6, 6.07) is 49.6. The summed E-state index contributed by atoms with van der Waals surface area (Å²) in [7, 11) is 0. The minimum Gasteiger partial charge on any atom is -0.382 e. The summed E-state index contributed by atoms with van der Waals surface area (Å²) in [6.07, 6.45) is -0.948. The molecule has 1 heterocycles. The van der Waals surface area contributed by atoms with Crippen LogP contribution in [-0.4, -0.2) is 21.0 Å². The van der Waals surface area contributed by atoms with Crippen molar-refractivity contribution in [2.45, 2.75) is 6.10 Å². The quantitative estimate of drug-likeness (QED) is 0.154. The van der Waals surface area contributed by atoms with Crippen LogP contribution in [0, 0.1) is 0 Å². The molecule has 41 heavy (non-hydrogen) atoms. The Labute approximate surface area is 239 Å². The van der Waals surface area contributed by atoms with Crippen molar-refractivity contribution in [1.82, 2.24) is 10.2 Å². The van der Waals surface area contributed by atoms with Gasteiger partial charge in [0, 0.05) is 22.3 Å². The van der Waals surface area contributed by atoms with Gasteiger partial charge in [-0.25, -0.2) is 0 Å². The molecule has 198 valence electrons. The first-order valence-electron chi connectivity index (χ1n) is 13.5. The maximum absolute atomic E-state index is 11.4. The lowest BCUT2D eigenvalue weighted by Crippen LogP contribution is -2.16. The predicted octanol–water partition coefficient (Wildman–Crippen LogP) is 8.03. The van der Waals surface area contributed by atoms with Crippen LogP contribution in [-0.2, 0) is 0 Å². The van der Waals surface area contributed by atoms with Crippen LogP contribution in [0.3, 0.4) is 0 Å². The van der Waals surface area contributed by atoms with Gasteiger partial charge in [-0.3, -0.25) is 5.43 Å². The summed E-state index contributed by atoms with van der Waals surface area (Å²) in [4.78, 5) is 0. The smallest absolute Gasteiger partial charge is 0.177 e. The molecule has 6 aromatic rings. The maximum atomic E-state index is 11.4. The van der Waals surface area contributed by atoms with Crippen molar-refractivity contribution in [2.75, 3.05) is 5.43 Å². The van der Waals surface area contributed by atoms with Crippen LogP contribution in [0.1, 0.15) is 17.2 Å². The lowest BCUT2D eigenvalue weighted by molar-refractivity contribution is 0.248. The normalized spacial score (nSPS) is 12.1. The molecule has 5 nitrogen and oxygen atoms in total. The van der Waals surface area contributed by atoms with Crippen molar-refractivity contribution >= 4 is 11.5 Å². The average Bonchev–Trinajstić information content (AvgIpc) is 3.06. The van der Waals surface area contributed by atoms with Crippen molar-refractivity contribution in [3.63, 3.8) is 0 Å². The van der Waals surface area contributed by atoms with Crippen molar-refractivity contribution in [2.24, 2.45) is 5.10 Å². The van der Waals surface area contributed by atoms with E-state index in [-0.39, 0.29) is 0 Å². The highest BCUT2D eigenvalue weighted by atomic mass is 16.3. The van der Waals surface area contributed by atoms with Crippen LogP contribution in [0.4, 0.5) is 5.82 Å². The second kappa shape index (κ2) is 12.2. The number of nitrogens with zero attached hydrogens (tertiary/aromatic N) is 3. The lowest BCUT2D eigenvalue weighted by Gasteiger charge is -2.19. The van der Waals surface area contributed by atoms with Gasteiger partial charge in [0.1, 0.15) is 17.5 Å². The third-order valence-electron chi connectivity index (χ3n) is 6.87. The molecule has 1 unspecified atom stereocenters. The largest absolute Gasteiger partial charge is 0.382 e. The average molecular weight is 533 g/mol. The first-order chi connectivity index (χ1) is 20.3. The predicted molar refractivity (Wildman–Crippen MR) is 166 cm³/mol. The number of hydrazone groups is 1. The van der Waals surface area contributed by atoms with Crippen LogP contribution < -0.4 is 5.43 Å². The Hall–Kier alpha value is -5.39. The molecule has 0 spiro atoms. The number of aliphatic hydroxyl groups excluding tert-OH is 1. The van der Waals surface area contributed by atoms with Gasteiger partial charge < -0.3 is 5.11 Å². The van der Waals surface area contributed by atoms with Gasteiger partial charge in [0.15, 0.2) is 5.82 Å². The molecule has 5 heteroatoms. The number of hydrogen-bond acceptors (Lipinski definition) is 5. The molecule has 0 aliphatic carbocycles. The highest BCUT2D eigenvalue weighted by Gasteiger charge is 2.22. The minimum atomic E-state index is -0.948. The van der Waals surface area contributed by atoms with E-state index in [9.17, 15) is 5.11 Å². The van der Waals surface area contributed by atoms with E-state index in [1.165, 1.54) is 0 Å². The zero-order valence-electron chi connectivity index (χ0n) is 22.3. The second-order valence-electron chi connectivity index (χ2n) is 9.53. The third kappa shape index (κ3) is 5.66. The summed E-state index contributed by atoms with van der Waals surface area (Å²) >= 11 is 0. The van der Waals surface area contributed by atoms with Gasteiger partial charge in [-0.15, -0.1) is 10.2 Å². The van der Waals surface area contributed by atoms with E-state index < -0.39 is 6.10 Å². The fourth-order valence-electron chi connectivity index (χ4n) is 4.88. The Morgan fingerprint density at radius 3 is 1.56 bits per heavy atom. The molecule has 0 aliphatic heterocycles. The fourth-order valence-corrected chi connectivity index (χ4v) is 4.88. The van der Waals surface area contributed by atoms with Crippen LogP contribution >= 0.6 is 0 Å². The van der Waals surface area contributed by atoms with E-state index in [1.807, 2.05) is 127 Å². The van der Waals surface area contributed by atoms with Crippen LogP contribution in [0.5, 0.6) is 0 Å². The van der Waals surface area contributed by atoms with Crippen molar-refractivity contribution in [3.05, 3.63) is 163 Å². The molecule has 0 radical (unpaired) electrons. The number of aromatic nitrogens is 2. The van der Waals surface area contributed by atoms with Gasteiger partial charge in [0.2, 0.25) is 0 Å². The second-order valence-corrected chi connectivity index (χ2v) is 9.53. The van der Waals surface area contributed by atoms with Gasteiger partial charge in [-0.05, 0) is 16.7 Å². The molecule has 0 saturated carbocycles. The molecular formula is C36H28N4O. The number of rotatable bonds is 8. The lowest BCUT2D eigenvalue weighted by atomic mass is 9.91. The molecule has 1 atom stereocenters. The summed E-state index contributed by atoms with van der Waals surface area (Å²) in [5, 5.41) is 25.6. The Balaban J connectivity index is 1.55. The van der Waals surface area contributed by atoms with E-state index in [0.29, 0.717) is 11.5 Å². The van der Waals surface area contributed by atoms with Gasteiger partial charge in [-0.1, -0.05) is 152 Å². The van der Waals surface area contributed by atoms with E-state index in [0.717, 1.165) is 44.6 Å². The Bertz CT molecular complexity index is 1740. The van der Waals surface area contributed by atoms with E-state index >= 15 is 0 Å². The summed E-state index contributed by atoms with van der Waals surface area (Å²) in [6.45, 7) is 0. The number of anilines is 1. The van der Waals surface area contributed by atoms with Crippen LogP contribution in [0.25, 0.3) is 33.5 Å². The molecule has 2 N–H and O–H groups in total. The zero-order valence-corrected chi connectivity index (χ0v) is 22.3. The summed E-state index contributed by atoms with van der Waals surface area (Å²) in [5.74, 6) is 0.489. The van der Waals surface area contributed by atoms with Crippen LogP contribution in [0.2, 0.25) is 0 Å². The van der Waals surface area contributed by atoms with Crippen molar-refractivity contribution in [1.29, 1.82) is 0 Å². The Morgan fingerprint density at radius 1 is 0.537 bits per heavy atom. The minimum absolute atomic E-state index is 0.478. The molecule has 0 fully saturated rings. The van der Waals surface area contributed by atoms with Gasteiger partial charge >= 0.3 is 0 Å². The van der Waals surface area contributed by atoms with Gasteiger partial charge in [-0.2, -0.15) is 5.10 Å². The molecule has 6 rings (SSSR count). The molecule has 0 aliphatic rings. The number of benzene rings is 5. The monoisotopic (exact) mass is 532 g/mol. The Kier molecular flexibility index (Phi) is 7.70. The Morgan fingerprint density at radius 2 is 1.00 bits per heavy atom. The molecule has 0 amide bonds. The molecule has 5 aromatic carbocycles. The molecular weight excluding hydrogens is 504 g/mol. The SMILES string of the molecule is OC(/C(=N/Nc1nnc(-c2ccccc2)c(-c2ccccc2)c1-c1ccccc1)c1ccccc1)c1ccccc1. The number of hydrogen-bond donors (Lipinski definition) is 2. The topological polar surface area (TPSA) is 70.4 Å².